The fourth-order valence-electron chi connectivity index (χ4n) is 2.47. The number of phenolic OH excluding ortho intramolecular Hbond substituents is 1. The van der Waals surface area contributed by atoms with Crippen molar-refractivity contribution in [2.45, 2.75) is 0 Å². The maximum absolute atomic E-state index is 12.7. The highest BCUT2D eigenvalue weighted by Crippen LogP contribution is 2.22. The van der Waals surface area contributed by atoms with Crippen molar-refractivity contribution in [2.75, 3.05) is 0 Å². The summed E-state index contributed by atoms with van der Waals surface area (Å²) < 4.78 is 7.20. The smallest absolute Gasteiger partial charge is 0.203 e. The lowest BCUT2D eigenvalue weighted by Gasteiger charge is -2.06. The normalized spacial score (nSPS) is 11.0. The Balaban J connectivity index is 1.95. The van der Waals surface area contributed by atoms with E-state index in [0.717, 1.165) is 5.69 Å². The molecule has 112 valence electrons. The van der Waals surface area contributed by atoms with Crippen LogP contribution in [-0.2, 0) is 0 Å². The second kappa shape index (κ2) is 5.10. The molecule has 0 aliphatic rings. The second-order valence-electron chi connectivity index (χ2n) is 5.02. The molecular weight excluding hydrogens is 294 g/mol. The third-order valence-electron chi connectivity index (χ3n) is 3.58. The van der Waals surface area contributed by atoms with E-state index in [1.807, 2.05) is 30.3 Å². The van der Waals surface area contributed by atoms with Crippen molar-refractivity contribution in [1.82, 2.24) is 14.8 Å². The minimum absolute atomic E-state index is 0.0425. The molecule has 4 rings (SSSR count). The number of hydrogen-bond acceptors (Lipinski definition) is 5. The Labute approximate surface area is 130 Å². The van der Waals surface area contributed by atoms with Gasteiger partial charge in [-0.15, -0.1) is 10.2 Å². The fourth-order valence-corrected chi connectivity index (χ4v) is 2.47. The van der Waals surface area contributed by atoms with Crippen molar-refractivity contribution >= 4 is 11.0 Å². The molecule has 0 aliphatic heterocycles. The number of nitrogens with zero attached hydrogens (tertiary/aromatic N) is 3. The van der Waals surface area contributed by atoms with Gasteiger partial charge >= 0.3 is 0 Å². The molecule has 0 bridgehead atoms. The summed E-state index contributed by atoms with van der Waals surface area (Å²) in [7, 11) is 0. The zero-order chi connectivity index (χ0) is 15.8. The minimum Gasteiger partial charge on any atom is -0.508 e. The summed E-state index contributed by atoms with van der Waals surface area (Å²) in [5.74, 6) is 0.445. The molecule has 2 heterocycles. The molecule has 2 aromatic carbocycles. The van der Waals surface area contributed by atoms with Gasteiger partial charge in [-0.05, 0) is 24.3 Å². The number of rotatable bonds is 2. The van der Waals surface area contributed by atoms with Gasteiger partial charge in [-0.2, -0.15) is 0 Å². The topological polar surface area (TPSA) is 81.2 Å². The van der Waals surface area contributed by atoms with Gasteiger partial charge in [0.05, 0.1) is 5.39 Å². The molecule has 0 saturated carbocycles. The molecule has 0 fully saturated rings. The van der Waals surface area contributed by atoms with Crippen molar-refractivity contribution in [2.24, 2.45) is 0 Å². The van der Waals surface area contributed by atoms with Gasteiger partial charge in [0.25, 0.3) is 0 Å². The maximum Gasteiger partial charge on any atom is 0.203 e. The molecule has 0 atom stereocenters. The van der Waals surface area contributed by atoms with Crippen LogP contribution in [0.2, 0.25) is 0 Å². The summed E-state index contributed by atoms with van der Waals surface area (Å²) in [6, 6.07) is 13.9. The van der Waals surface area contributed by atoms with Crippen LogP contribution in [0.5, 0.6) is 5.75 Å². The number of fused-ring (bicyclic) bond motifs is 1. The summed E-state index contributed by atoms with van der Waals surface area (Å²) in [5, 5.41) is 17.8. The van der Waals surface area contributed by atoms with Crippen molar-refractivity contribution in [3.8, 4) is 22.8 Å². The highest BCUT2D eigenvalue weighted by atomic mass is 16.3. The van der Waals surface area contributed by atoms with E-state index in [-0.39, 0.29) is 11.2 Å². The molecule has 0 unspecified atom stereocenters. The van der Waals surface area contributed by atoms with Crippen LogP contribution in [0.25, 0.3) is 28.0 Å². The lowest BCUT2D eigenvalue weighted by molar-refractivity contribution is 0.474. The fraction of sp³-hybridized carbons (Fsp3) is 0. The Bertz CT molecular complexity index is 1050. The number of hydrogen-bond donors (Lipinski definition) is 1. The first-order valence-electron chi connectivity index (χ1n) is 6.94. The molecule has 0 amide bonds. The van der Waals surface area contributed by atoms with Crippen molar-refractivity contribution in [3.05, 3.63) is 71.3 Å². The zero-order valence-corrected chi connectivity index (χ0v) is 11.9. The first-order valence-corrected chi connectivity index (χ1v) is 6.94. The van der Waals surface area contributed by atoms with E-state index in [9.17, 15) is 9.90 Å². The molecular formula is C17H11N3O3. The van der Waals surface area contributed by atoms with Crippen LogP contribution in [0.15, 0.2) is 70.3 Å². The van der Waals surface area contributed by atoms with Gasteiger partial charge in [0, 0.05) is 11.8 Å². The quantitative estimate of drug-likeness (QED) is 0.616. The number of para-hydroxylation sites is 1. The molecule has 1 N–H and O–H groups in total. The molecule has 0 radical (unpaired) electrons. The third-order valence-corrected chi connectivity index (χ3v) is 3.58. The standard InChI is InChI=1S/C17H11N3O3/c21-12-6-7-13-15(8-12)23-9-14(16(13)22)17-19-18-10-20(17)11-4-2-1-3-5-11/h1-10,21H. The van der Waals surface area contributed by atoms with E-state index in [4.69, 9.17) is 4.42 Å². The van der Waals surface area contributed by atoms with E-state index in [1.165, 1.54) is 24.5 Å². The van der Waals surface area contributed by atoms with Gasteiger partial charge in [0.2, 0.25) is 5.43 Å². The SMILES string of the molecule is O=c1c(-c2nncn2-c2ccccc2)coc2cc(O)ccc12. The van der Waals surface area contributed by atoms with Crippen LogP contribution in [-0.4, -0.2) is 19.9 Å². The Kier molecular flexibility index (Phi) is 2.94. The number of phenols is 1. The molecule has 0 spiro atoms. The van der Waals surface area contributed by atoms with E-state index < -0.39 is 0 Å². The summed E-state index contributed by atoms with van der Waals surface area (Å²) in [6.07, 6.45) is 2.89. The molecule has 6 heteroatoms. The second-order valence-corrected chi connectivity index (χ2v) is 5.02. The van der Waals surface area contributed by atoms with Gasteiger partial charge in [-0.1, -0.05) is 18.2 Å². The Morgan fingerprint density at radius 3 is 2.74 bits per heavy atom. The average Bonchev–Trinajstić information content (AvgIpc) is 3.05. The van der Waals surface area contributed by atoms with Crippen LogP contribution in [0.4, 0.5) is 0 Å². The first kappa shape index (κ1) is 13.3. The van der Waals surface area contributed by atoms with Crippen molar-refractivity contribution in [3.63, 3.8) is 0 Å². The first-order chi connectivity index (χ1) is 11.2. The molecule has 0 saturated heterocycles. The van der Waals surface area contributed by atoms with Crippen LogP contribution in [0.1, 0.15) is 0 Å². The highest BCUT2D eigenvalue weighted by molar-refractivity contribution is 5.81. The average molecular weight is 305 g/mol. The lowest BCUT2D eigenvalue weighted by Crippen LogP contribution is -2.08. The summed E-state index contributed by atoms with van der Waals surface area (Å²) in [4.78, 5) is 12.7. The molecule has 6 nitrogen and oxygen atoms in total. The van der Waals surface area contributed by atoms with Gasteiger partial charge in [-0.25, -0.2) is 0 Å². The molecule has 4 aromatic rings. The molecule has 0 aliphatic carbocycles. The van der Waals surface area contributed by atoms with E-state index in [2.05, 4.69) is 10.2 Å². The number of aromatic hydroxyl groups is 1. The summed E-state index contributed by atoms with van der Waals surface area (Å²) >= 11 is 0. The van der Waals surface area contributed by atoms with Crippen LogP contribution in [0, 0.1) is 0 Å². The number of benzene rings is 2. The highest BCUT2D eigenvalue weighted by Gasteiger charge is 2.15. The Hall–Kier alpha value is -3.41. The minimum atomic E-state index is -0.226. The monoisotopic (exact) mass is 305 g/mol. The summed E-state index contributed by atoms with van der Waals surface area (Å²) in [5.41, 5.74) is 1.25. The van der Waals surface area contributed by atoms with Gasteiger partial charge in [0.1, 0.15) is 29.5 Å². The largest absolute Gasteiger partial charge is 0.508 e. The Morgan fingerprint density at radius 1 is 1.09 bits per heavy atom. The molecule has 23 heavy (non-hydrogen) atoms. The van der Waals surface area contributed by atoms with Crippen LogP contribution < -0.4 is 5.43 Å². The van der Waals surface area contributed by atoms with Gasteiger partial charge < -0.3 is 9.52 Å². The van der Waals surface area contributed by atoms with E-state index in [0.29, 0.717) is 22.4 Å². The van der Waals surface area contributed by atoms with E-state index in [1.54, 1.807) is 10.9 Å². The van der Waals surface area contributed by atoms with Gasteiger partial charge in [-0.3, -0.25) is 9.36 Å². The van der Waals surface area contributed by atoms with Crippen molar-refractivity contribution in [1.29, 1.82) is 0 Å². The van der Waals surface area contributed by atoms with E-state index >= 15 is 0 Å². The van der Waals surface area contributed by atoms with Gasteiger partial charge in [0.15, 0.2) is 5.82 Å². The predicted octanol–water partition coefficient (Wildman–Crippen LogP) is 2.75. The maximum atomic E-state index is 12.7. The summed E-state index contributed by atoms with van der Waals surface area (Å²) in [6.45, 7) is 0. The zero-order valence-electron chi connectivity index (χ0n) is 11.9. The third kappa shape index (κ3) is 2.17. The number of aromatic nitrogens is 3. The van der Waals surface area contributed by atoms with Crippen molar-refractivity contribution < 1.29 is 9.52 Å². The predicted molar refractivity (Wildman–Crippen MR) is 84.5 cm³/mol. The lowest BCUT2D eigenvalue weighted by atomic mass is 10.1. The molecule has 2 aromatic heterocycles. The Morgan fingerprint density at radius 2 is 1.91 bits per heavy atom. The van der Waals surface area contributed by atoms with Crippen LogP contribution >= 0.6 is 0 Å². The van der Waals surface area contributed by atoms with Crippen LogP contribution in [0.3, 0.4) is 0 Å².